The molecule has 25 heavy (non-hydrogen) atoms. The molecule has 8 heteroatoms. The Morgan fingerprint density at radius 1 is 1.28 bits per heavy atom. The minimum Gasteiger partial charge on any atom is -0.460 e. The van der Waals surface area contributed by atoms with Gasteiger partial charge in [0.25, 0.3) is 5.91 Å². The van der Waals surface area contributed by atoms with Crippen LogP contribution in [0.1, 0.15) is 21.8 Å². The maximum absolute atomic E-state index is 12.1. The summed E-state index contributed by atoms with van der Waals surface area (Å²) >= 11 is 0. The van der Waals surface area contributed by atoms with E-state index in [-0.39, 0.29) is 23.9 Å². The molecule has 1 aromatic carbocycles. The van der Waals surface area contributed by atoms with Crippen molar-refractivity contribution in [3.05, 3.63) is 59.5 Å². The summed E-state index contributed by atoms with van der Waals surface area (Å²) < 4.78 is 33.9. The molecule has 0 atom stereocenters. The van der Waals surface area contributed by atoms with Gasteiger partial charge in [0.1, 0.15) is 17.2 Å². The van der Waals surface area contributed by atoms with Crippen LogP contribution in [0.2, 0.25) is 0 Å². The van der Waals surface area contributed by atoms with Crippen molar-refractivity contribution in [2.45, 2.75) is 20.1 Å². The van der Waals surface area contributed by atoms with Gasteiger partial charge in [-0.25, -0.2) is 0 Å². The molecule has 130 valence electrons. The fraction of sp³-hybridized carbons (Fsp3) is 0.176. The first-order chi connectivity index (χ1) is 12.0. The average Bonchev–Trinajstić information content (AvgIpc) is 3.22. The van der Waals surface area contributed by atoms with Crippen molar-refractivity contribution in [3.8, 4) is 17.2 Å². The van der Waals surface area contributed by atoms with Crippen LogP contribution in [0.3, 0.4) is 0 Å². The van der Waals surface area contributed by atoms with E-state index in [1.54, 1.807) is 24.3 Å². The molecule has 0 aliphatic rings. The molecule has 0 radical (unpaired) electrons. The summed E-state index contributed by atoms with van der Waals surface area (Å²) in [6, 6.07) is 11.2. The van der Waals surface area contributed by atoms with E-state index < -0.39 is 6.61 Å². The molecule has 2 N–H and O–H groups in total. The summed E-state index contributed by atoms with van der Waals surface area (Å²) in [7, 11) is 0. The Morgan fingerprint density at radius 3 is 2.68 bits per heavy atom. The number of nitrogens with one attached hydrogen (secondary N) is 2. The number of H-pyrrole nitrogens is 1. The zero-order valence-corrected chi connectivity index (χ0v) is 13.3. The summed E-state index contributed by atoms with van der Waals surface area (Å²) in [6.45, 7) is -0.807. The number of hydrogen-bond acceptors (Lipinski definition) is 4. The summed E-state index contributed by atoms with van der Waals surface area (Å²) in [5.74, 6) is 1.06. The number of aromatic nitrogens is 2. The number of amides is 1. The second kappa shape index (κ2) is 7.16. The third kappa shape index (κ3) is 4.23. The molecule has 2 heterocycles. The number of aryl methyl sites for hydroxylation is 1. The van der Waals surface area contributed by atoms with Gasteiger partial charge >= 0.3 is 6.61 Å². The molecular formula is C17H15F2N3O3. The van der Waals surface area contributed by atoms with Crippen LogP contribution in [0.4, 0.5) is 8.78 Å². The number of aromatic amines is 1. The van der Waals surface area contributed by atoms with Crippen molar-refractivity contribution in [1.82, 2.24) is 15.5 Å². The van der Waals surface area contributed by atoms with Crippen LogP contribution in [-0.4, -0.2) is 22.7 Å². The predicted molar refractivity (Wildman–Crippen MR) is 85.3 cm³/mol. The van der Waals surface area contributed by atoms with E-state index in [1.165, 1.54) is 12.1 Å². The highest BCUT2D eigenvalue weighted by Gasteiger charge is 2.13. The van der Waals surface area contributed by atoms with E-state index in [0.717, 1.165) is 11.3 Å². The molecule has 0 unspecified atom stereocenters. The number of hydrogen-bond donors (Lipinski definition) is 2. The SMILES string of the molecule is Cc1ccc(-c2cc(C(=O)NCc3ccc(OC(F)F)cc3)n[nH]2)o1. The van der Waals surface area contributed by atoms with Gasteiger partial charge in [-0.3, -0.25) is 9.89 Å². The number of halogens is 2. The van der Waals surface area contributed by atoms with Crippen LogP contribution in [0, 0.1) is 6.92 Å². The standard InChI is InChI=1S/C17H15F2N3O3/c1-10-2-7-15(24-10)13-8-14(22-21-13)16(23)20-9-11-3-5-12(6-4-11)25-17(18)19/h2-8,17H,9H2,1H3,(H,20,23)(H,21,22). The molecule has 0 aliphatic heterocycles. The number of benzene rings is 1. The number of carbonyl (C=O) groups is 1. The molecule has 0 bridgehead atoms. The molecule has 3 aromatic rings. The van der Waals surface area contributed by atoms with E-state index in [9.17, 15) is 13.6 Å². The maximum atomic E-state index is 12.1. The lowest BCUT2D eigenvalue weighted by Crippen LogP contribution is -2.23. The average molecular weight is 347 g/mol. The van der Waals surface area contributed by atoms with Gasteiger partial charge in [0.2, 0.25) is 0 Å². The van der Waals surface area contributed by atoms with E-state index in [4.69, 9.17) is 4.42 Å². The topological polar surface area (TPSA) is 80.1 Å². The Bertz CT molecular complexity index is 856. The van der Waals surface area contributed by atoms with Gasteiger partial charge in [-0.15, -0.1) is 0 Å². The minimum atomic E-state index is -2.86. The van der Waals surface area contributed by atoms with E-state index in [1.807, 2.05) is 13.0 Å². The van der Waals surface area contributed by atoms with Crippen LogP contribution in [0.25, 0.3) is 11.5 Å². The van der Waals surface area contributed by atoms with E-state index >= 15 is 0 Å². The fourth-order valence-electron chi connectivity index (χ4n) is 2.21. The van der Waals surface area contributed by atoms with Crippen molar-refractivity contribution in [2.24, 2.45) is 0 Å². The molecule has 0 aliphatic carbocycles. The number of nitrogens with zero attached hydrogens (tertiary/aromatic N) is 1. The Hall–Kier alpha value is -3.16. The quantitative estimate of drug-likeness (QED) is 0.715. The van der Waals surface area contributed by atoms with Crippen molar-refractivity contribution in [1.29, 1.82) is 0 Å². The van der Waals surface area contributed by atoms with Gasteiger partial charge in [-0.05, 0) is 36.8 Å². The highest BCUT2D eigenvalue weighted by atomic mass is 19.3. The Morgan fingerprint density at radius 2 is 2.04 bits per heavy atom. The van der Waals surface area contributed by atoms with Gasteiger partial charge in [-0.1, -0.05) is 12.1 Å². The Balaban J connectivity index is 1.58. The second-order valence-corrected chi connectivity index (χ2v) is 5.28. The second-order valence-electron chi connectivity index (χ2n) is 5.28. The summed E-state index contributed by atoms with van der Waals surface area (Å²) in [5.41, 5.74) is 1.57. The highest BCUT2D eigenvalue weighted by molar-refractivity contribution is 5.93. The molecule has 3 rings (SSSR count). The number of alkyl halides is 2. The third-order valence-corrected chi connectivity index (χ3v) is 3.42. The molecule has 0 fully saturated rings. The van der Waals surface area contributed by atoms with Gasteiger partial charge in [0, 0.05) is 12.6 Å². The van der Waals surface area contributed by atoms with Gasteiger partial charge in [-0.2, -0.15) is 13.9 Å². The van der Waals surface area contributed by atoms with Crippen LogP contribution in [0.15, 0.2) is 46.9 Å². The zero-order valence-electron chi connectivity index (χ0n) is 13.3. The Kier molecular flexibility index (Phi) is 4.78. The van der Waals surface area contributed by atoms with E-state index in [2.05, 4.69) is 20.3 Å². The number of rotatable bonds is 6. The van der Waals surface area contributed by atoms with Crippen LogP contribution in [-0.2, 0) is 6.54 Å². The zero-order chi connectivity index (χ0) is 17.8. The molecule has 0 spiro atoms. The lowest BCUT2D eigenvalue weighted by molar-refractivity contribution is -0.0498. The summed E-state index contributed by atoms with van der Waals surface area (Å²) in [5, 5.41) is 9.41. The lowest BCUT2D eigenvalue weighted by Gasteiger charge is -2.06. The number of ether oxygens (including phenoxy) is 1. The normalized spacial score (nSPS) is 10.9. The minimum absolute atomic E-state index is 0.0655. The third-order valence-electron chi connectivity index (χ3n) is 3.42. The molecule has 6 nitrogen and oxygen atoms in total. The maximum Gasteiger partial charge on any atom is 0.387 e. The van der Waals surface area contributed by atoms with Gasteiger partial charge < -0.3 is 14.5 Å². The number of furan rings is 1. The first-order valence-corrected chi connectivity index (χ1v) is 7.45. The van der Waals surface area contributed by atoms with Gasteiger partial charge in [0.05, 0.1) is 0 Å². The van der Waals surface area contributed by atoms with Crippen molar-refractivity contribution in [3.63, 3.8) is 0 Å². The lowest BCUT2D eigenvalue weighted by atomic mass is 10.2. The monoisotopic (exact) mass is 347 g/mol. The largest absolute Gasteiger partial charge is 0.460 e. The van der Waals surface area contributed by atoms with Crippen molar-refractivity contribution < 1.29 is 22.7 Å². The molecular weight excluding hydrogens is 332 g/mol. The van der Waals surface area contributed by atoms with E-state index in [0.29, 0.717) is 11.5 Å². The summed E-state index contributed by atoms with van der Waals surface area (Å²) in [6.07, 6.45) is 0. The van der Waals surface area contributed by atoms with Crippen molar-refractivity contribution >= 4 is 5.91 Å². The smallest absolute Gasteiger partial charge is 0.387 e. The predicted octanol–water partition coefficient (Wildman–Crippen LogP) is 3.51. The number of carbonyl (C=O) groups excluding carboxylic acids is 1. The fourth-order valence-corrected chi connectivity index (χ4v) is 2.21. The van der Waals surface area contributed by atoms with Crippen LogP contribution in [0.5, 0.6) is 5.75 Å². The van der Waals surface area contributed by atoms with Gasteiger partial charge in [0.15, 0.2) is 11.5 Å². The summed E-state index contributed by atoms with van der Waals surface area (Å²) in [4.78, 5) is 12.1. The van der Waals surface area contributed by atoms with Crippen LogP contribution < -0.4 is 10.1 Å². The first-order valence-electron chi connectivity index (χ1n) is 7.45. The first kappa shape index (κ1) is 16.7. The molecule has 2 aromatic heterocycles. The Labute approximate surface area is 141 Å². The molecule has 1 amide bonds. The molecule has 0 saturated heterocycles. The van der Waals surface area contributed by atoms with Crippen LogP contribution >= 0.6 is 0 Å². The van der Waals surface area contributed by atoms with Crippen molar-refractivity contribution in [2.75, 3.05) is 0 Å². The molecule has 0 saturated carbocycles. The highest BCUT2D eigenvalue weighted by Crippen LogP contribution is 2.20.